The van der Waals surface area contributed by atoms with Crippen molar-refractivity contribution in [3.63, 3.8) is 0 Å². The molecule has 1 amide bonds. The highest BCUT2D eigenvalue weighted by Gasteiger charge is 2.30. The first-order valence-electron chi connectivity index (χ1n) is 11.1. The second-order valence-corrected chi connectivity index (χ2v) is 9.58. The van der Waals surface area contributed by atoms with Crippen molar-refractivity contribution in [2.24, 2.45) is 0 Å². The van der Waals surface area contributed by atoms with Gasteiger partial charge >= 0.3 is 0 Å². The van der Waals surface area contributed by atoms with E-state index in [1.807, 2.05) is 11.5 Å². The van der Waals surface area contributed by atoms with Crippen LogP contribution in [0.5, 0.6) is 5.75 Å². The second kappa shape index (κ2) is 9.75. The van der Waals surface area contributed by atoms with Gasteiger partial charge in [0.1, 0.15) is 17.3 Å². The molecule has 1 aliphatic carbocycles. The van der Waals surface area contributed by atoms with E-state index in [2.05, 4.69) is 24.3 Å². The number of phenols is 1. The van der Waals surface area contributed by atoms with Gasteiger partial charge in [-0.2, -0.15) is 0 Å². The normalized spacial score (nSPS) is 18.5. The molecule has 2 atom stereocenters. The van der Waals surface area contributed by atoms with Gasteiger partial charge in [0, 0.05) is 28.4 Å². The molecule has 0 aliphatic heterocycles. The van der Waals surface area contributed by atoms with Gasteiger partial charge in [-0.25, -0.2) is 4.98 Å². The molecule has 6 nitrogen and oxygen atoms in total. The summed E-state index contributed by atoms with van der Waals surface area (Å²) >= 11 is 12.6. The molecular weight excluding hydrogens is 459 g/mol. The molecule has 3 aromatic rings. The molecule has 174 valence electrons. The first-order chi connectivity index (χ1) is 15.8. The third kappa shape index (κ3) is 4.88. The molecule has 0 saturated heterocycles. The fourth-order valence-electron chi connectivity index (χ4n) is 4.62. The zero-order chi connectivity index (χ0) is 23.7. The van der Waals surface area contributed by atoms with Crippen LogP contribution in [0.15, 0.2) is 42.5 Å². The van der Waals surface area contributed by atoms with Gasteiger partial charge in [-0.15, -0.1) is 0 Å². The molecule has 2 N–H and O–H groups in total. The fourth-order valence-corrected chi connectivity index (χ4v) is 5.11. The van der Waals surface area contributed by atoms with E-state index in [0.717, 1.165) is 24.9 Å². The van der Waals surface area contributed by atoms with Crippen molar-refractivity contribution < 1.29 is 9.90 Å². The number of carbonyl (C=O) groups is 1. The maximum absolute atomic E-state index is 13.4. The average Bonchev–Trinajstić information content (AvgIpc) is 3.11. The van der Waals surface area contributed by atoms with Crippen LogP contribution in [0, 0.1) is 6.92 Å². The highest BCUT2D eigenvalue weighted by Crippen LogP contribution is 2.33. The summed E-state index contributed by atoms with van der Waals surface area (Å²) in [6, 6.07) is 12.3. The molecule has 2 aromatic carbocycles. The summed E-state index contributed by atoms with van der Waals surface area (Å²) in [5.41, 5.74) is 2.48. The molecule has 33 heavy (non-hydrogen) atoms. The standard InChI is InChI=1S/C25H28Cl2N4O2/c1-15-23(25(33)28-21-6-4-5-7-22(21)30(2)3)29-24(19-13-8-16(26)14-20(19)27)31(15)17-9-11-18(32)12-10-17/h8-14,21-22,32H,4-7H2,1-3H3,(H,28,33)/t21-,22+/m0/s1. The van der Waals surface area contributed by atoms with Gasteiger partial charge in [-0.1, -0.05) is 36.0 Å². The minimum atomic E-state index is -0.199. The number of rotatable bonds is 5. The van der Waals surface area contributed by atoms with Crippen molar-refractivity contribution >= 4 is 29.1 Å². The first-order valence-corrected chi connectivity index (χ1v) is 11.8. The Morgan fingerprint density at radius 1 is 1.12 bits per heavy atom. The Labute approximate surface area is 204 Å². The van der Waals surface area contributed by atoms with E-state index >= 15 is 0 Å². The predicted octanol–water partition coefficient (Wildman–Crippen LogP) is 5.46. The monoisotopic (exact) mass is 486 g/mol. The van der Waals surface area contributed by atoms with Crippen LogP contribution in [-0.4, -0.2) is 51.6 Å². The quantitative estimate of drug-likeness (QED) is 0.501. The number of imidazole rings is 1. The molecule has 1 fully saturated rings. The van der Waals surface area contributed by atoms with Crippen molar-refractivity contribution in [2.45, 2.75) is 44.7 Å². The lowest BCUT2D eigenvalue weighted by Crippen LogP contribution is -2.51. The van der Waals surface area contributed by atoms with E-state index in [-0.39, 0.29) is 17.7 Å². The van der Waals surface area contributed by atoms with E-state index in [4.69, 9.17) is 28.2 Å². The number of nitrogens with zero attached hydrogens (tertiary/aromatic N) is 3. The Bertz CT molecular complexity index is 1160. The van der Waals surface area contributed by atoms with Gasteiger partial charge in [0.15, 0.2) is 0 Å². The Balaban J connectivity index is 1.77. The number of benzene rings is 2. The Kier molecular flexibility index (Phi) is 6.98. The summed E-state index contributed by atoms with van der Waals surface area (Å²) in [6.07, 6.45) is 4.28. The summed E-state index contributed by atoms with van der Waals surface area (Å²) in [4.78, 5) is 20.4. The summed E-state index contributed by atoms with van der Waals surface area (Å²) in [7, 11) is 4.11. The molecule has 1 aromatic heterocycles. The minimum Gasteiger partial charge on any atom is -0.508 e. The molecule has 8 heteroatoms. The van der Waals surface area contributed by atoms with Crippen LogP contribution in [-0.2, 0) is 0 Å². The van der Waals surface area contributed by atoms with Gasteiger partial charge in [0.2, 0.25) is 0 Å². The van der Waals surface area contributed by atoms with Gasteiger partial charge in [-0.3, -0.25) is 9.36 Å². The second-order valence-electron chi connectivity index (χ2n) is 8.74. The maximum Gasteiger partial charge on any atom is 0.272 e. The number of hydrogen-bond acceptors (Lipinski definition) is 4. The van der Waals surface area contributed by atoms with E-state index < -0.39 is 0 Å². The van der Waals surface area contributed by atoms with Gasteiger partial charge in [0.25, 0.3) is 5.91 Å². The molecule has 0 bridgehead atoms. The highest BCUT2D eigenvalue weighted by molar-refractivity contribution is 6.36. The van der Waals surface area contributed by atoms with Crippen molar-refractivity contribution in [1.29, 1.82) is 0 Å². The zero-order valence-electron chi connectivity index (χ0n) is 19.0. The number of halogens is 2. The molecule has 0 spiro atoms. The number of likely N-dealkylation sites (N-methyl/N-ethyl adjacent to an activating group) is 1. The van der Waals surface area contributed by atoms with Crippen LogP contribution in [0.1, 0.15) is 41.9 Å². The third-order valence-corrected chi connectivity index (χ3v) is 6.86. The summed E-state index contributed by atoms with van der Waals surface area (Å²) in [5.74, 6) is 0.500. The molecule has 0 unspecified atom stereocenters. The van der Waals surface area contributed by atoms with Crippen molar-refractivity contribution in [1.82, 2.24) is 19.8 Å². The number of amides is 1. The molecule has 1 aliphatic rings. The SMILES string of the molecule is Cc1c(C(=O)N[C@H]2CCCC[C@H]2N(C)C)nc(-c2ccc(Cl)cc2Cl)n1-c1ccc(O)cc1. The zero-order valence-corrected chi connectivity index (χ0v) is 20.5. The Morgan fingerprint density at radius 3 is 2.48 bits per heavy atom. The number of carbonyl (C=O) groups excluding carboxylic acids is 1. The largest absolute Gasteiger partial charge is 0.508 e. The number of aromatic hydroxyl groups is 1. The minimum absolute atomic E-state index is 0.0713. The smallest absolute Gasteiger partial charge is 0.272 e. The predicted molar refractivity (Wildman–Crippen MR) is 133 cm³/mol. The van der Waals surface area contributed by atoms with Gasteiger partial charge in [-0.05, 0) is 76.3 Å². The Hall–Kier alpha value is -2.54. The average molecular weight is 487 g/mol. The lowest BCUT2D eigenvalue weighted by molar-refractivity contribution is 0.0877. The van der Waals surface area contributed by atoms with E-state index in [9.17, 15) is 9.90 Å². The topological polar surface area (TPSA) is 70.4 Å². The summed E-state index contributed by atoms with van der Waals surface area (Å²) in [6.45, 7) is 1.87. The summed E-state index contributed by atoms with van der Waals surface area (Å²) < 4.78 is 1.88. The molecule has 4 rings (SSSR count). The highest BCUT2D eigenvalue weighted by atomic mass is 35.5. The van der Waals surface area contributed by atoms with E-state index in [0.29, 0.717) is 38.9 Å². The maximum atomic E-state index is 13.4. The fraction of sp³-hybridized carbons (Fsp3) is 0.360. The van der Waals surface area contributed by atoms with Crippen LogP contribution in [0.4, 0.5) is 0 Å². The van der Waals surface area contributed by atoms with E-state index in [1.165, 1.54) is 6.42 Å². The van der Waals surface area contributed by atoms with Crippen molar-refractivity contribution in [3.05, 3.63) is 63.9 Å². The number of nitrogens with one attached hydrogen (secondary N) is 1. The first kappa shape index (κ1) is 23.6. The van der Waals surface area contributed by atoms with Crippen LogP contribution >= 0.6 is 23.2 Å². The molecular formula is C25H28Cl2N4O2. The molecule has 0 radical (unpaired) electrons. The van der Waals surface area contributed by atoms with Gasteiger partial charge in [0.05, 0.1) is 10.7 Å². The molecule has 1 heterocycles. The van der Waals surface area contributed by atoms with Crippen LogP contribution < -0.4 is 5.32 Å². The van der Waals surface area contributed by atoms with E-state index in [1.54, 1.807) is 42.5 Å². The number of phenolic OH excluding ortho intramolecular Hbond substituents is 1. The van der Waals surface area contributed by atoms with Crippen LogP contribution in [0.3, 0.4) is 0 Å². The lowest BCUT2D eigenvalue weighted by atomic mass is 9.89. The Morgan fingerprint density at radius 2 is 1.82 bits per heavy atom. The van der Waals surface area contributed by atoms with Crippen LogP contribution in [0.2, 0.25) is 10.0 Å². The van der Waals surface area contributed by atoms with Crippen molar-refractivity contribution in [2.75, 3.05) is 14.1 Å². The third-order valence-electron chi connectivity index (χ3n) is 6.31. The number of hydrogen-bond donors (Lipinski definition) is 2. The lowest BCUT2D eigenvalue weighted by Gasteiger charge is -2.36. The summed E-state index contributed by atoms with van der Waals surface area (Å²) in [5, 5.41) is 13.9. The number of aromatic nitrogens is 2. The molecule has 1 saturated carbocycles. The van der Waals surface area contributed by atoms with Gasteiger partial charge < -0.3 is 15.3 Å². The van der Waals surface area contributed by atoms with Crippen molar-refractivity contribution in [3.8, 4) is 22.8 Å². The van der Waals surface area contributed by atoms with Crippen LogP contribution in [0.25, 0.3) is 17.1 Å².